The molecule has 0 spiro atoms. The quantitative estimate of drug-likeness (QED) is 0.822. The maximum atomic E-state index is 12.4. The average molecular weight is 263 g/mol. The lowest BCUT2D eigenvalue weighted by Gasteiger charge is -2.32. The zero-order valence-corrected chi connectivity index (χ0v) is 11.2. The first-order valence-corrected chi connectivity index (χ1v) is 6.50. The molecule has 2 heterocycles. The monoisotopic (exact) mass is 263 g/mol. The van der Waals surface area contributed by atoms with Crippen LogP contribution >= 0.6 is 12.2 Å². The van der Waals surface area contributed by atoms with Gasteiger partial charge in [0.2, 0.25) is 0 Å². The van der Waals surface area contributed by atoms with E-state index in [1.54, 1.807) is 6.20 Å². The molecule has 0 aliphatic carbocycles. The van der Waals surface area contributed by atoms with Crippen molar-refractivity contribution >= 4 is 23.1 Å². The first kappa shape index (κ1) is 13.0. The number of pyridine rings is 1. The van der Waals surface area contributed by atoms with Gasteiger partial charge >= 0.3 is 0 Å². The van der Waals surface area contributed by atoms with Gasteiger partial charge in [-0.25, -0.2) is 0 Å². The molecular formula is C13H17N3OS. The first-order chi connectivity index (χ1) is 8.59. The molecule has 1 fully saturated rings. The van der Waals surface area contributed by atoms with Crippen LogP contribution in [-0.4, -0.2) is 33.9 Å². The van der Waals surface area contributed by atoms with E-state index in [4.69, 9.17) is 18.0 Å². The summed E-state index contributed by atoms with van der Waals surface area (Å²) in [6.07, 6.45) is 3.56. The van der Waals surface area contributed by atoms with Gasteiger partial charge in [0.05, 0.1) is 4.99 Å². The Morgan fingerprint density at radius 2 is 2.39 bits per heavy atom. The molecule has 4 nitrogen and oxygen atoms in total. The van der Waals surface area contributed by atoms with Crippen molar-refractivity contribution < 1.29 is 4.79 Å². The fourth-order valence-electron chi connectivity index (χ4n) is 2.25. The molecule has 2 N–H and O–H groups in total. The number of hydrogen-bond donors (Lipinski definition) is 1. The van der Waals surface area contributed by atoms with Crippen molar-refractivity contribution in [2.45, 2.75) is 19.8 Å². The SMILES string of the molecule is Cc1cccnc1C(=O)N1CCCC(C(N)=S)C1. The fourth-order valence-corrected chi connectivity index (χ4v) is 2.45. The van der Waals surface area contributed by atoms with Crippen LogP contribution in [0, 0.1) is 12.8 Å². The highest BCUT2D eigenvalue weighted by molar-refractivity contribution is 7.80. The van der Waals surface area contributed by atoms with E-state index in [0.29, 0.717) is 17.2 Å². The Morgan fingerprint density at radius 3 is 3.06 bits per heavy atom. The smallest absolute Gasteiger partial charge is 0.272 e. The van der Waals surface area contributed by atoms with E-state index in [9.17, 15) is 4.79 Å². The van der Waals surface area contributed by atoms with E-state index in [-0.39, 0.29) is 11.8 Å². The maximum absolute atomic E-state index is 12.4. The topological polar surface area (TPSA) is 59.2 Å². The summed E-state index contributed by atoms with van der Waals surface area (Å²) in [7, 11) is 0. The highest BCUT2D eigenvalue weighted by Crippen LogP contribution is 2.19. The van der Waals surface area contributed by atoms with Crippen LogP contribution in [0.25, 0.3) is 0 Å². The molecule has 2 rings (SSSR count). The molecule has 1 saturated heterocycles. The molecule has 0 radical (unpaired) electrons. The Kier molecular flexibility index (Phi) is 3.91. The molecule has 1 aliphatic heterocycles. The summed E-state index contributed by atoms with van der Waals surface area (Å²) in [4.78, 5) is 18.8. The van der Waals surface area contributed by atoms with Crippen molar-refractivity contribution in [1.29, 1.82) is 0 Å². The van der Waals surface area contributed by atoms with Gasteiger partial charge in [-0.1, -0.05) is 18.3 Å². The second kappa shape index (κ2) is 5.44. The minimum Gasteiger partial charge on any atom is -0.393 e. The first-order valence-electron chi connectivity index (χ1n) is 6.10. The predicted octanol–water partition coefficient (Wildman–Crippen LogP) is 1.53. The Hall–Kier alpha value is -1.49. The van der Waals surface area contributed by atoms with E-state index in [1.165, 1.54) is 0 Å². The number of hydrogen-bond acceptors (Lipinski definition) is 3. The number of carbonyl (C=O) groups is 1. The summed E-state index contributed by atoms with van der Waals surface area (Å²) >= 11 is 5.02. The van der Waals surface area contributed by atoms with Crippen molar-refractivity contribution in [1.82, 2.24) is 9.88 Å². The summed E-state index contributed by atoms with van der Waals surface area (Å²) in [5.74, 6) is 0.121. The van der Waals surface area contributed by atoms with Crippen LogP contribution in [-0.2, 0) is 0 Å². The second-order valence-corrected chi connectivity index (χ2v) is 5.13. The van der Waals surface area contributed by atoms with E-state index in [0.717, 1.165) is 24.9 Å². The van der Waals surface area contributed by atoms with Crippen molar-refractivity contribution in [3.8, 4) is 0 Å². The molecule has 0 bridgehead atoms. The van der Waals surface area contributed by atoms with E-state index in [2.05, 4.69) is 4.98 Å². The van der Waals surface area contributed by atoms with Crippen LogP contribution in [0.5, 0.6) is 0 Å². The molecule has 5 heteroatoms. The Bertz CT molecular complexity index is 475. The number of rotatable bonds is 2. The number of likely N-dealkylation sites (tertiary alicyclic amines) is 1. The zero-order chi connectivity index (χ0) is 13.1. The summed E-state index contributed by atoms with van der Waals surface area (Å²) in [5.41, 5.74) is 7.11. The third-order valence-electron chi connectivity index (χ3n) is 3.32. The molecule has 18 heavy (non-hydrogen) atoms. The summed E-state index contributed by atoms with van der Waals surface area (Å²) in [6, 6.07) is 3.73. The molecule has 0 aromatic carbocycles. The van der Waals surface area contributed by atoms with Crippen molar-refractivity contribution in [3.05, 3.63) is 29.6 Å². The normalized spacial score (nSPS) is 19.6. The molecule has 1 atom stereocenters. The molecule has 96 valence electrons. The standard InChI is InChI=1S/C13H17N3OS/c1-9-4-2-6-15-11(9)13(17)16-7-3-5-10(8-16)12(14)18/h2,4,6,10H,3,5,7-8H2,1H3,(H2,14,18). The van der Waals surface area contributed by atoms with Gasteiger partial charge in [-0.2, -0.15) is 0 Å². The summed E-state index contributed by atoms with van der Waals surface area (Å²) in [6.45, 7) is 3.27. The van der Waals surface area contributed by atoms with Crippen LogP contribution < -0.4 is 5.73 Å². The number of nitrogens with two attached hydrogens (primary N) is 1. The van der Waals surface area contributed by atoms with Gasteiger partial charge in [-0.15, -0.1) is 0 Å². The molecule has 1 unspecified atom stereocenters. The number of piperidine rings is 1. The molecule has 0 saturated carbocycles. The van der Waals surface area contributed by atoms with E-state index >= 15 is 0 Å². The van der Waals surface area contributed by atoms with Crippen molar-refractivity contribution in [2.24, 2.45) is 11.7 Å². The fraction of sp³-hybridized carbons (Fsp3) is 0.462. The number of aryl methyl sites for hydroxylation is 1. The van der Waals surface area contributed by atoms with Crippen LogP contribution in [0.2, 0.25) is 0 Å². The average Bonchev–Trinajstić information content (AvgIpc) is 2.38. The third kappa shape index (κ3) is 2.67. The van der Waals surface area contributed by atoms with E-state index in [1.807, 2.05) is 24.0 Å². The van der Waals surface area contributed by atoms with Gasteiger partial charge in [0, 0.05) is 25.2 Å². The molecule has 1 aromatic heterocycles. The largest absolute Gasteiger partial charge is 0.393 e. The molecule has 1 aliphatic rings. The van der Waals surface area contributed by atoms with Crippen molar-refractivity contribution in [3.63, 3.8) is 0 Å². The number of nitrogens with zero attached hydrogens (tertiary/aromatic N) is 2. The maximum Gasteiger partial charge on any atom is 0.272 e. The van der Waals surface area contributed by atoms with Crippen LogP contribution in [0.4, 0.5) is 0 Å². The van der Waals surface area contributed by atoms with Crippen LogP contribution in [0.3, 0.4) is 0 Å². The van der Waals surface area contributed by atoms with Gasteiger partial charge in [0.25, 0.3) is 5.91 Å². The Morgan fingerprint density at radius 1 is 1.61 bits per heavy atom. The lowest BCUT2D eigenvalue weighted by Crippen LogP contribution is -2.44. The number of aromatic nitrogens is 1. The predicted molar refractivity (Wildman–Crippen MR) is 74.4 cm³/mol. The number of amides is 1. The van der Waals surface area contributed by atoms with Gasteiger partial charge in [0.15, 0.2) is 0 Å². The van der Waals surface area contributed by atoms with Gasteiger partial charge in [-0.3, -0.25) is 9.78 Å². The summed E-state index contributed by atoms with van der Waals surface area (Å²) < 4.78 is 0. The van der Waals surface area contributed by atoms with E-state index < -0.39 is 0 Å². The minimum atomic E-state index is -0.0194. The molecule has 1 aromatic rings. The van der Waals surface area contributed by atoms with Crippen LogP contribution in [0.1, 0.15) is 28.9 Å². The zero-order valence-electron chi connectivity index (χ0n) is 10.4. The minimum absolute atomic E-state index is 0.0194. The number of carbonyl (C=O) groups excluding carboxylic acids is 1. The molecular weight excluding hydrogens is 246 g/mol. The number of thiocarbonyl (C=S) groups is 1. The van der Waals surface area contributed by atoms with Gasteiger partial charge in [0.1, 0.15) is 5.69 Å². The molecule has 1 amide bonds. The third-order valence-corrected chi connectivity index (χ3v) is 3.66. The highest BCUT2D eigenvalue weighted by atomic mass is 32.1. The summed E-state index contributed by atoms with van der Waals surface area (Å²) in [5, 5.41) is 0. The Balaban J connectivity index is 2.14. The Labute approximate surface area is 112 Å². The lowest BCUT2D eigenvalue weighted by atomic mass is 9.97. The van der Waals surface area contributed by atoms with Gasteiger partial charge in [-0.05, 0) is 31.4 Å². The van der Waals surface area contributed by atoms with Crippen LogP contribution in [0.15, 0.2) is 18.3 Å². The van der Waals surface area contributed by atoms with Crippen molar-refractivity contribution in [2.75, 3.05) is 13.1 Å². The van der Waals surface area contributed by atoms with Gasteiger partial charge < -0.3 is 10.6 Å². The highest BCUT2D eigenvalue weighted by Gasteiger charge is 2.27. The lowest BCUT2D eigenvalue weighted by molar-refractivity contribution is 0.0697. The second-order valence-electron chi connectivity index (χ2n) is 4.66.